The van der Waals surface area contributed by atoms with Crippen molar-refractivity contribution in [2.24, 2.45) is 0 Å². The molecular formula is C12H9O2Si. The zero-order chi connectivity index (χ0) is 10.7. The summed E-state index contributed by atoms with van der Waals surface area (Å²) in [5.74, 6) is 1.67. The van der Waals surface area contributed by atoms with Crippen LogP contribution in [0, 0.1) is 0 Å². The minimum atomic E-state index is 0.231. The van der Waals surface area contributed by atoms with Gasteiger partial charge < -0.3 is 9.84 Å². The Labute approximate surface area is 91.6 Å². The maximum atomic E-state index is 9.11. The van der Waals surface area contributed by atoms with E-state index in [2.05, 4.69) is 10.2 Å². The van der Waals surface area contributed by atoms with E-state index in [1.807, 2.05) is 24.3 Å². The first-order valence-electron chi connectivity index (χ1n) is 4.53. The van der Waals surface area contributed by atoms with Crippen LogP contribution in [0.25, 0.3) is 0 Å². The van der Waals surface area contributed by atoms with E-state index < -0.39 is 0 Å². The van der Waals surface area contributed by atoms with Gasteiger partial charge in [-0.2, -0.15) is 0 Å². The van der Waals surface area contributed by atoms with Gasteiger partial charge >= 0.3 is 0 Å². The Kier molecular flexibility index (Phi) is 2.74. The third-order valence-electron chi connectivity index (χ3n) is 1.95. The maximum Gasteiger partial charge on any atom is 0.127 e. The van der Waals surface area contributed by atoms with Crippen molar-refractivity contribution < 1.29 is 9.84 Å². The molecule has 1 N–H and O–H groups in total. The molecule has 0 atom stereocenters. The van der Waals surface area contributed by atoms with Crippen molar-refractivity contribution in [3.8, 4) is 17.2 Å². The highest BCUT2D eigenvalue weighted by molar-refractivity contribution is 6.34. The lowest BCUT2D eigenvalue weighted by Gasteiger charge is -2.07. The van der Waals surface area contributed by atoms with Gasteiger partial charge in [-0.3, -0.25) is 0 Å². The van der Waals surface area contributed by atoms with Gasteiger partial charge in [0, 0.05) is 0 Å². The number of aromatic hydroxyl groups is 1. The zero-order valence-corrected chi connectivity index (χ0v) is 8.97. The normalized spacial score (nSPS) is 9.93. The molecule has 2 aromatic carbocycles. The molecule has 15 heavy (non-hydrogen) atoms. The maximum absolute atomic E-state index is 9.11. The summed E-state index contributed by atoms with van der Waals surface area (Å²) in [7, 11) is 3.45. The zero-order valence-electron chi connectivity index (χ0n) is 7.97. The van der Waals surface area contributed by atoms with E-state index in [1.165, 1.54) is 0 Å². The van der Waals surface area contributed by atoms with Crippen LogP contribution in [0.5, 0.6) is 17.2 Å². The first-order valence-corrected chi connectivity index (χ1v) is 5.03. The minimum Gasteiger partial charge on any atom is -0.508 e. The molecule has 2 aromatic rings. The summed E-state index contributed by atoms with van der Waals surface area (Å²) >= 11 is 0. The largest absolute Gasteiger partial charge is 0.508 e. The number of hydrogen-bond donors (Lipinski definition) is 1. The van der Waals surface area contributed by atoms with E-state index in [1.54, 1.807) is 24.3 Å². The number of para-hydroxylation sites is 1. The van der Waals surface area contributed by atoms with Gasteiger partial charge in [-0.15, -0.1) is 0 Å². The Morgan fingerprint density at radius 3 is 2.27 bits per heavy atom. The van der Waals surface area contributed by atoms with Crippen LogP contribution in [0.15, 0.2) is 48.5 Å². The fraction of sp³-hybridized carbons (Fsp3) is 0. The second-order valence-corrected chi connectivity index (χ2v) is 3.63. The Hall–Kier alpha value is -1.74. The van der Waals surface area contributed by atoms with Crippen molar-refractivity contribution in [3.05, 3.63) is 48.5 Å². The summed E-state index contributed by atoms with van der Waals surface area (Å²) in [4.78, 5) is 0. The Morgan fingerprint density at radius 1 is 0.933 bits per heavy atom. The second-order valence-electron chi connectivity index (χ2n) is 3.09. The molecule has 0 amide bonds. The number of phenols is 1. The SMILES string of the molecule is Oc1ccc(Oc2ccccc2[Si])cc1. The minimum absolute atomic E-state index is 0.231. The summed E-state index contributed by atoms with van der Waals surface area (Å²) in [5, 5.41) is 10.0. The van der Waals surface area contributed by atoms with Gasteiger partial charge in [0.25, 0.3) is 0 Å². The van der Waals surface area contributed by atoms with Gasteiger partial charge in [0.05, 0.1) is 10.2 Å². The first kappa shape index (κ1) is 9.80. The van der Waals surface area contributed by atoms with Crippen LogP contribution in [0.1, 0.15) is 0 Å². The van der Waals surface area contributed by atoms with Crippen LogP contribution >= 0.6 is 0 Å². The van der Waals surface area contributed by atoms with Crippen LogP contribution in [-0.2, 0) is 0 Å². The van der Waals surface area contributed by atoms with E-state index >= 15 is 0 Å². The van der Waals surface area contributed by atoms with Crippen LogP contribution in [-0.4, -0.2) is 15.3 Å². The van der Waals surface area contributed by atoms with Crippen LogP contribution in [0.2, 0.25) is 0 Å². The highest BCUT2D eigenvalue weighted by atomic mass is 28.1. The average molecular weight is 213 g/mol. The van der Waals surface area contributed by atoms with E-state index in [0.717, 1.165) is 10.9 Å². The molecule has 0 spiro atoms. The first-order chi connectivity index (χ1) is 7.25. The lowest BCUT2D eigenvalue weighted by molar-refractivity contribution is 0.465. The number of rotatable bonds is 2. The quantitative estimate of drug-likeness (QED) is 0.773. The standard InChI is InChI=1S/C12H9O2Si/c13-9-5-7-10(8-6-9)14-11-3-1-2-4-12(11)15/h1-8,13H. The van der Waals surface area contributed by atoms with Crippen molar-refractivity contribution in [3.63, 3.8) is 0 Å². The van der Waals surface area contributed by atoms with Crippen molar-refractivity contribution in [2.75, 3.05) is 0 Å². The molecule has 3 radical (unpaired) electrons. The van der Waals surface area contributed by atoms with Gasteiger partial charge in [-0.05, 0) is 35.5 Å². The molecule has 0 aliphatic heterocycles. The third-order valence-corrected chi connectivity index (χ3v) is 2.36. The van der Waals surface area contributed by atoms with E-state index in [-0.39, 0.29) is 5.75 Å². The summed E-state index contributed by atoms with van der Waals surface area (Å²) < 4.78 is 5.60. The predicted molar refractivity (Wildman–Crippen MR) is 60.0 cm³/mol. The van der Waals surface area contributed by atoms with Gasteiger partial charge in [0.15, 0.2) is 0 Å². The van der Waals surface area contributed by atoms with E-state index in [9.17, 15) is 0 Å². The number of ether oxygens (including phenoxy) is 1. The monoisotopic (exact) mass is 213 g/mol. The topological polar surface area (TPSA) is 29.5 Å². The predicted octanol–water partition coefficient (Wildman–Crippen LogP) is 1.98. The molecule has 2 rings (SSSR count). The summed E-state index contributed by atoms with van der Waals surface area (Å²) in [6.45, 7) is 0. The molecule has 0 saturated heterocycles. The van der Waals surface area contributed by atoms with Crippen molar-refractivity contribution in [2.45, 2.75) is 0 Å². The summed E-state index contributed by atoms with van der Waals surface area (Å²) in [5.41, 5.74) is 0. The van der Waals surface area contributed by atoms with Gasteiger partial charge in [0.1, 0.15) is 17.2 Å². The third kappa shape index (κ3) is 2.38. The number of phenolic OH excluding ortho intramolecular Hbond substituents is 1. The van der Waals surface area contributed by atoms with Crippen molar-refractivity contribution in [1.29, 1.82) is 0 Å². The highest BCUT2D eigenvalue weighted by Crippen LogP contribution is 2.21. The Bertz CT molecular complexity index is 451. The van der Waals surface area contributed by atoms with Crippen LogP contribution < -0.4 is 9.92 Å². The smallest absolute Gasteiger partial charge is 0.127 e. The molecule has 0 unspecified atom stereocenters. The molecule has 73 valence electrons. The fourth-order valence-corrected chi connectivity index (χ4v) is 1.43. The molecule has 0 aromatic heterocycles. The summed E-state index contributed by atoms with van der Waals surface area (Å²) in [6.07, 6.45) is 0. The molecular weight excluding hydrogens is 204 g/mol. The molecule has 0 heterocycles. The lowest BCUT2D eigenvalue weighted by atomic mass is 10.3. The molecule has 2 nitrogen and oxygen atoms in total. The molecule has 0 aliphatic carbocycles. The molecule has 0 fully saturated rings. The number of hydrogen-bond acceptors (Lipinski definition) is 2. The molecule has 0 bridgehead atoms. The highest BCUT2D eigenvalue weighted by Gasteiger charge is 1.99. The Morgan fingerprint density at radius 2 is 1.60 bits per heavy atom. The Balaban J connectivity index is 2.22. The van der Waals surface area contributed by atoms with Crippen molar-refractivity contribution in [1.82, 2.24) is 0 Å². The molecule has 0 saturated carbocycles. The van der Waals surface area contributed by atoms with Crippen molar-refractivity contribution >= 4 is 15.4 Å². The van der Waals surface area contributed by atoms with Crippen LogP contribution in [0.4, 0.5) is 0 Å². The van der Waals surface area contributed by atoms with Gasteiger partial charge in [-0.1, -0.05) is 18.2 Å². The van der Waals surface area contributed by atoms with E-state index in [0.29, 0.717) is 5.75 Å². The van der Waals surface area contributed by atoms with Crippen LogP contribution in [0.3, 0.4) is 0 Å². The number of benzene rings is 2. The fourth-order valence-electron chi connectivity index (χ4n) is 1.20. The van der Waals surface area contributed by atoms with E-state index in [4.69, 9.17) is 9.84 Å². The second kappa shape index (κ2) is 4.19. The molecule has 0 aliphatic rings. The van der Waals surface area contributed by atoms with Gasteiger partial charge in [0.2, 0.25) is 0 Å². The van der Waals surface area contributed by atoms with Gasteiger partial charge in [-0.25, -0.2) is 0 Å². The average Bonchev–Trinajstić information content (AvgIpc) is 2.25. The summed E-state index contributed by atoms with van der Waals surface area (Å²) in [6, 6.07) is 14.2. The molecule has 3 heteroatoms. The lowest BCUT2D eigenvalue weighted by Crippen LogP contribution is -2.05.